The Morgan fingerprint density at radius 2 is 1.94 bits per heavy atom. The van der Waals surface area contributed by atoms with Gasteiger partial charge >= 0.3 is 10.1 Å². The molecule has 0 aliphatic rings. The van der Waals surface area contributed by atoms with Gasteiger partial charge in [0.2, 0.25) is 0 Å². The van der Waals surface area contributed by atoms with E-state index in [1.807, 2.05) is 19.1 Å². The molecule has 0 aromatic heterocycles. The molecule has 3 nitrogen and oxygen atoms in total. The third kappa shape index (κ3) is 4.82. The molecule has 0 N–H and O–H groups in total. The largest absolute Gasteiger partial charge is 0.382 e. The van der Waals surface area contributed by atoms with Crippen molar-refractivity contribution >= 4 is 26.0 Å². The van der Waals surface area contributed by atoms with E-state index in [0.717, 1.165) is 10.9 Å². The zero-order chi connectivity index (χ0) is 13.6. The van der Waals surface area contributed by atoms with Crippen LogP contribution in [0.3, 0.4) is 0 Å². The van der Waals surface area contributed by atoms with Crippen LogP contribution in [-0.4, -0.2) is 13.7 Å². The van der Waals surface area contributed by atoms with E-state index in [2.05, 4.69) is 15.9 Å². The Morgan fingerprint density at radius 3 is 2.50 bits per heavy atom. The highest BCUT2D eigenvalue weighted by atomic mass is 79.9. The maximum Gasteiger partial charge on any atom is 0.311 e. The molecule has 0 bridgehead atoms. The van der Waals surface area contributed by atoms with Crippen molar-refractivity contribution in [3.8, 4) is 5.75 Å². The summed E-state index contributed by atoms with van der Waals surface area (Å²) in [5.74, 6) is 0.344. The third-order valence-corrected chi connectivity index (χ3v) is 4.67. The van der Waals surface area contributed by atoms with Crippen molar-refractivity contribution in [2.45, 2.75) is 31.9 Å². The zero-order valence-corrected chi connectivity index (χ0v) is 12.9. The first-order valence-electron chi connectivity index (χ1n) is 5.75. The van der Waals surface area contributed by atoms with Crippen LogP contribution >= 0.6 is 15.9 Å². The Bertz CT molecular complexity index is 491. The summed E-state index contributed by atoms with van der Waals surface area (Å²) < 4.78 is 29.8. The molecule has 1 unspecified atom stereocenters. The van der Waals surface area contributed by atoms with Crippen molar-refractivity contribution in [1.29, 1.82) is 0 Å². The van der Waals surface area contributed by atoms with Gasteiger partial charge in [0.05, 0.1) is 5.25 Å². The lowest BCUT2D eigenvalue weighted by atomic mass is 10.2. The molecule has 18 heavy (non-hydrogen) atoms. The Balaban J connectivity index is 2.66. The Kier molecular flexibility index (Phi) is 5.88. The van der Waals surface area contributed by atoms with Gasteiger partial charge in [0.1, 0.15) is 5.75 Å². The van der Waals surface area contributed by atoms with Gasteiger partial charge in [0.15, 0.2) is 0 Å². The van der Waals surface area contributed by atoms with Gasteiger partial charge in [-0.25, -0.2) is 0 Å². The summed E-state index contributed by atoms with van der Waals surface area (Å²) in [4.78, 5) is 0. The molecule has 0 radical (unpaired) electrons. The van der Waals surface area contributed by atoms with Crippen LogP contribution in [0.4, 0.5) is 0 Å². The van der Waals surface area contributed by atoms with Gasteiger partial charge in [0, 0.05) is 4.47 Å². The number of halogens is 1. The molecule has 1 aromatic rings. The van der Waals surface area contributed by atoms with Crippen LogP contribution in [0.15, 0.2) is 40.9 Å². The number of hydrogen-bond donors (Lipinski definition) is 0. The quantitative estimate of drug-likeness (QED) is 0.586. The Morgan fingerprint density at radius 1 is 1.33 bits per heavy atom. The molecule has 0 spiro atoms. The van der Waals surface area contributed by atoms with Crippen LogP contribution in [0.2, 0.25) is 0 Å². The average Bonchev–Trinajstić information content (AvgIpc) is 2.32. The van der Waals surface area contributed by atoms with Crippen LogP contribution in [0.5, 0.6) is 5.75 Å². The second kappa shape index (κ2) is 6.95. The molecule has 0 aliphatic heterocycles. The average molecular weight is 333 g/mol. The highest BCUT2D eigenvalue weighted by Crippen LogP contribution is 2.20. The molecule has 0 fully saturated rings. The van der Waals surface area contributed by atoms with Gasteiger partial charge in [0.25, 0.3) is 0 Å². The summed E-state index contributed by atoms with van der Waals surface area (Å²) in [6, 6.07) is 6.74. The van der Waals surface area contributed by atoms with Gasteiger partial charge in [-0.15, -0.1) is 0 Å². The Hall–Kier alpha value is -0.810. The molecule has 0 heterocycles. The van der Waals surface area contributed by atoms with Gasteiger partial charge in [-0.2, -0.15) is 8.42 Å². The van der Waals surface area contributed by atoms with Crippen molar-refractivity contribution in [3.63, 3.8) is 0 Å². The minimum Gasteiger partial charge on any atom is -0.382 e. The topological polar surface area (TPSA) is 43.4 Å². The molecule has 0 aliphatic carbocycles. The lowest BCUT2D eigenvalue weighted by Gasteiger charge is -2.12. The predicted molar refractivity (Wildman–Crippen MR) is 77.2 cm³/mol. The van der Waals surface area contributed by atoms with E-state index < -0.39 is 15.4 Å². The van der Waals surface area contributed by atoms with E-state index in [1.54, 1.807) is 31.2 Å². The van der Waals surface area contributed by atoms with Gasteiger partial charge in [-0.1, -0.05) is 28.1 Å². The van der Waals surface area contributed by atoms with Gasteiger partial charge in [-0.05, 0) is 51.0 Å². The lowest BCUT2D eigenvalue weighted by Crippen LogP contribution is -2.23. The summed E-state index contributed by atoms with van der Waals surface area (Å²) in [7, 11) is -3.56. The summed E-state index contributed by atoms with van der Waals surface area (Å²) in [6.45, 7) is 3.58. The van der Waals surface area contributed by atoms with E-state index in [4.69, 9.17) is 4.18 Å². The molecule has 0 saturated carbocycles. The van der Waals surface area contributed by atoms with Crippen molar-refractivity contribution < 1.29 is 12.6 Å². The van der Waals surface area contributed by atoms with Gasteiger partial charge < -0.3 is 4.18 Å². The fourth-order valence-electron chi connectivity index (χ4n) is 1.35. The van der Waals surface area contributed by atoms with Crippen LogP contribution in [0, 0.1) is 0 Å². The highest BCUT2D eigenvalue weighted by Gasteiger charge is 2.22. The van der Waals surface area contributed by atoms with Crippen molar-refractivity contribution in [2.24, 2.45) is 0 Å². The Labute approximate surface area is 117 Å². The summed E-state index contributed by atoms with van der Waals surface area (Å²) in [5.41, 5.74) is 0. The monoisotopic (exact) mass is 332 g/mol. The fraction of sp³-hybridized carbons (Fsp3) is 0.385. The second-order valence-electron chi connectivity index (χ2n) is 3.99. The first kappa shape index (κ1) is 15.2. The number of benzene rings is 1. The number of rotatable bonds is 6. The van der Waals surface area contributed by atoms with E-state index >= 15 is 0 Å². The molecule has 1 rings (SSSR count). The number of hydrogen-bond acceptors (Lipinski definition) is 3. The van der Waals surface area contributed by atoms with E-state index in [0.29, 0.717) is 12.2 Å². The molecular weight excluding hydrogens is 316 g/mol. The van der Waals surface area contributed by atoms with Crippen LogP contribution in [0.1, 0.15) is 26.7 Å². The summed E-state index contributed by atoms with van der Waals surface area (Å²) in [5, 5.41) is -0.516. The lowest BCUT2D eigenvalue weighted by molar-refractivity contribution is 0.470. The standard InChI is InChI=1S/C13H17BrO3S/c1-3-4-5-6-11(2)18(15,16)17-13-9-7-12(14)8-10-13/h3-4,7-11H,5-6H2,1-2H3. The number of allylic oxidation sites excluding steroid dienone is 2. The molecule has 100 valence electrons. The third-order valence-electron chi connectivity index (χ3n) is 2.49. The first-order chi connectivity index (χ1) is 8.45. The smallest absolute Gasteiger partial charge is 0.311 e. The maximum absolute atomic E-state index is 11.9. The summed E-state index contributed by atoms with van der Waals surface area (Å²) in [6.07, 6.45) is 5.16. The first-order valence-corrected chi connectivity index (χ1v) is 8.02. The highest BCUT2D eigenvalue weighted by molar-refractivity contribution is 9.10. The van der Waals surface area contributed by atoms with Crippen molar-refractivity contribution in [1.82, 2.24) is 0 Å². The molecular formula is C13H17BrO3S. The minimum atomic E-state index is -3.56. The van der Waals surface area contributed by atoms with Crippen molar-refractivity contribution in [3.05, 3.63) is 40.9 Å². The second-order valence-corrected chi connectivity index (χ2v) is 6.86. The molecule has 5 heteroatoms. The summed E-state index contributed by atoms with van der Waals surface area (Å²) >= 11 is 3.28. The van der Waals surface area contributed by atoms with Crippen LogP contribution in [0.25, 0.3) is 0 Å². The predicted octanol–water partition coefficient (Wildman–Crippen LogP) is 3.90. The minimum absolute atomic E-state index is 0.344. The molecule has 0 saturated heterocycles. The van der Waals surface area contributed by atoms with Crippen molar-refractivity contribution in [2.75, 3.05) is 0 Å². The van der Waals surface area contributed by atoms with E-state index in [-0.39, 0.29) is 0 Å². The molecule has 0 amide bonds. The van der Waals surface area contributed by atoms with Crippen LogP contribution in [-0.2, 0) is 10.1 Å². The SMILES string of the molecule is CC=CCCC(C)S(=O)(=O)Oc1ccc(Br)cc1. The van der Waals surface area contributed by atoms with Gasteiger partial charge in [-0.3, -0.25) is 0 Å². The molecule has 1 atom stereocenters. The maximum atomic E-state index is 11.9. The van der Waals surface area contributed by atoms with E-state index in [1.165, 1.54) is 0 Å². The van der Waals surface area contributed by atoms with E-state index in [9.17, 15) is 8.42 Å². The fourth-order valence-corrected chi connectivity index (χ4v) is 2.58. The zero-order valence-electron chi connectivity index (χ0n) is 10.5. The normalized spacial score (nSPS) is 13.7. The van der Waals surface area contributed by atoms with Crippen LogP contribution < -0.4 is 4.18 Å². The molecule has 1 aromatic carbocycles.